The second kappa shape index (κ2) is 9.43. The predicted octanol–water partition coefficient (Wildman–Crippen LogP) is 2.43. The molecule has 0 bridgehead atoms. The van der Waals surface area contributed by atoms with E-state index in [1.807, 2.05) is 37.3 Å². The molecule has 0 unspecified atom stereocenters. The summed E-state index contributed by atoms with van der Waals surface area (Å²) in [6.07, 6.45) is 0.118. The first-order chi connectivity index (χ1) is 14.4. The average Bonchev–Trinajstić information content (AvgIpc) is 3.16. The van der Waals surface area contributed by atoms with Gasteiger partial charge < -0.3 is 20.3 Å². The Morgan fingerprint density at radius 1 is 1.03 bits per heavy atom. The van der Waals surface area contributed by atoms with E-state index in [1.54, 1.807) is 43.2 Å². The van der Waals surface area contributed by atoms with E-state index in [-0.39, 0.29) is 36.7 Å². The van der Waals surface area contributed by atoms with Crippen LogP contribution in [0, 0.1) is 5.92 Å². The van der Waals surface area contributed by atoms with Crippen LogP contribution < -0.4 is 20.3 Å². The second-order valence-corrected chi connectivity index (χ2v) is 7.47. The van der Waals surface area contributed by atoms with Crippen LogP contribution in [0.3, 0.4) is 0 Å². The number of nitrogens with zero attached hydrogens (tertiary/aromatic N) is 1. The molecule has 1 aliphatic rings. The minimum absolute atomic E-state index is 0.116. The van der Waals surface area contributed by atoms with Crippen LogP contribution in [-0.4, -0.2) is 37.4 Å². The first-order valence-corrected chi connectivity index (χ1v) is 9.99. The van der Waals surface area contributed by atoms with Crippen LogP contribution in [0.15, 0.2) is 54.6 Å². The number of nitrogens with one attached hydrogen (secondary N) is 2. The van der Waals surface area contributed by atoms with Crippen molar-refractivity contribution in [3.05, 3.63) is 60.2 Å². The lowest BCUT2D eigenvalue weighted by molar-refractivity contribution is -0.131. The topological polar surface area (TPSA) is 87.7 Å². The fraction of sp³-hybridized carbons (Fsp3) is 0.348. The third kappa shape index (κ3) is 4.97. The van der Waals surface area contributed by atoms with Gasteiger partial charge in [0.1, 0.15) is 11.8 Å². The van der Waals surface area contributed by atoms with Crippen LogP contribution in [0.2, 0.25) is 0 Å². The first kappa shape index (κ1) is 21.4. The van der Waals surface area contributed by atoms with Gasteiger partial charge in [0.25, 0.3) is 0 Å². The van der Waals surface area contributed by atoms with Crippen LogP contribution >= 0.6 is 0 Å². The molecule has 3 amide bonds. The Bertz CT molecular complexity index is 898. The first-order valence-electron chi connectivity index (χ1n) is 9.99. The molecule has 2 N–H and O–H groups in total. The van der Waals surface area contributed by atoms with E-state index in [1.165, 1.54) is 0 Å². The Hall–Kier alpha value is -3.35. The summed E-state index contributed by atoms with van der Waals surface area (Å²) in [5.74, 6) is -0.480. The molecule has 1 heterocycles. The maximum absolute atomic E-state index is 12.6. The molecular formula is C23H27N3O4. The quantitative estimate of drug-likeness (QED) is 0.735. The lowest BCUT2D eigenvalue weighted by atomic mass is 10.1. The van der Waals surface area contributed by atoms with Crippen LogP contribution in [-0.2, 0) is 14.4 Å². The molecule has 2 aromatic rings. The van der Waals surface area contributed by atoms with E-state index in [0.29, 0.717) is 5.75 Å². The summed E-state index contributed by atoms with van der Waals surface area (Å²) in [7, 11) is 1.58. The summed E-state index contributed by atoms with van der Waals surface area (Å²) in [6, 6.07) is 15.9. The Morgan fingerprint density at radius 3 is 2.33 bits per heavy atom. The number of methoxy groups -OCH3 is 1. The van der Waals surface area contributed by atoms with Gasteiger partial charge in [-0.3, -0.25) is 14.4 Å². The number of benzene rings is 2. The largest absolute Gasteiger partial charge is 0.497 e. The number of hydrogen-bond acceptors (Lipinski definition) is 4. The molecular weight excluding hydrogens is 382 g/mol. The molecule has 0 saturated carbocycles. The van der Waals surface area contributed by atoms with Crippen LogP contribution in [0.5, 0.6) is 5.75 Å². The van der Waals surface area contributed by atoms with Gasteiger partial charge in [0, 0.05) is 18.7 Å². The summed E-state index contributed by atoms with van der Waals surface area (Å²) in [5, 5.41) is 5.64. The van der Waals surface area contributed by atoms with E-state index in [2.05, 4.69) is 10.6 Å². The highest BCUT2D eigenvalue weighted by atomic mass is 16.5. The van der Waals surface area contributed by atoms with Crippen molar-refractivity contribution in [2.45, 2.75) is 32.4 Å². The second-order valence-electron chi connectivity index (χ2n) is 7.47. The molecule has 30 heavy (non-hydrogen) atoms. The van der Waals surface area contributed by atoms with Crippen LogP contribution in [0.4, 0.5) is 5.69 Å². The zero-order valence-electron chi connectivity index (χ0n) is 17.4. The summed E-state index contributed by atoms with van der Waals surface area (Å²) in [4.78, 5) is 39.1. The third-order valence-corrected chi connectivity index (χ3v) is 5.29. The van der Waals surface area contributed by atoms with E-state index in [0.717, 1.165) is 11.3 Å². The molecule has 1 fully saturated rings. The van der Waals surface area contributed by atoms with Crippen molar-refractivity contribution in [2.24, 2.45) is 5.92 Å². The molecule has 0 aromatic heterocycles. The van der Waals surface area contributed by atoms with Gasteiger partial charge in [-0.2, -0.15) is 0 Å². The van der Waals surface area contributed by atoms with Crippen molar-refractivity contribution in [2.75, 3.05) is 18.6 Å². The van der Waals surface area contributed by atoms with Gasteiger partial charge in [0.15, 0.2) is 0 Å². The number of carbonyl (C=O) groups excluding carboxylic acids is 3. The Labute approximate surface area is 176 Å². The number of rotatable bonds is 7. The maximum atomic E-state index is 12.6. The van der Waals surface area contributed by atoms with E-state index >= 15 is 0 Å². The van der Waals surface area contributed by atoms with Gasteiger partial charge in [-0.1, -0.05) is 30.3 Å². The molecule has 7 nitrogen and oxygen atoms in total. The van der Waals surface area contributed by atoms with Crippen molar-refractivity contribution in [1.29, 1.82) is 0 Å². The SMILES string of the molecule is COc1ccc(N2C[C@@H](C(=O)N[C@@H](C)C(=O)N[C@@H](C)c3ccccc3)CC2=O)cc1. The van der Waals surface area contributed by atoms with Crippen LogP contribution in [0.25, 0.3) is 0 Å². The lowest BCUT2D eigenvalue weighted by Crippen LogP contribution is -2.47. The molecule has 7 heteroatoms. The van der Waals surface area contributed by atoms with Gasteiger partial charge in [-0.25, -0.2) is 0 Å². The summed E-state index contributed by atoms with van der Waals surface area (Å²) in [5.41, 5.74) is 1.71. The highest BCUT2D eigenvalue weighted by molar-refractivity contribution is 6.01. The van der Waals surface area contributed by atoms with Crippen LogP contribution in [0.1, 0.15) is 31.9 Å². The van der Waals surface area contributed by atoms with E-state index < -0.39 is 12.0 Å². The highest BCUT2D eigenvalue weighted by Crippen LogP contribution is 2.27. The average molecular weight is 409 g/mol. The number of amides is 3. The fourth-order valence-corrected chi connectivity index (χ4v) is 3.46. The Kier molecular flexibility index (Phi) is 6.72. The Balaban J connectivity index is 1.54. The van der Waals surface area contributed by atoms with Crippen molar-refractivity contribution in [1.82, 2.24) is 10.6 Å². The van der Waals surface area contributed by atoms with Gasteiger partial charge in [0.2, 0.25) is 17.7 Å². The third-order valence-electron chi connectivity index (χ3n) is 5.29. The number of hydrogen-bond donors (Lipinski definition) is 2. The van der Waals surface area contributed by atoms with Crippen molar-refractivity contribution in [3.63, 3.8) is 0 Å². The van der Waals surface area contributed by atoms with Gasteiger partial charge in [-0.15, -0.1) is 0 Å². The molecule has 3 atom stereocenters. The van der Waals surface area contributed by atoms with Crippen molar-refractivity contribution >= 4 is 23.4 Å². The molecule has 0 aliphatic carbocycles. The van der Waals surface area contributed by atoms with Gasteiger partial charge in [0.05, 0.1) is 19.1 Å². The van der Waals surface area contributed by atoms with E-state index in [9.17, 15) is 14.4 Å². The maximum Gasteiger partial charge on any atom is 0.242 e. The van der Waals surface area contributed by atoms with E-state index in [4.69, 9.17) is 4.74 Å². The Morgan fingerprint density at radius 2 is 1.70 bits per heavy atom. The summed E-state index contributed by atoms with van der Waals surface area (Å²) < 4.78 is 5.13. The monoisotopic (exact) mass is 409 g/mol. The molecule has 2 aromatic carbocycles. The van der Waals surface area contributed by atoms with Crippen molar-refractivity contribution < 1.29 is 19.1 Å². The van der Waals surface area contributed by atoms with Crippen molar-refractivity contribution in [3.8, 4) is 5.75 Å². The number of carbonyl (C=O) groups is 3. The normalized spacial score (nSPS) is 17.9. The fourth-order valence-electron chi connectivity index (χ4n) is 3.46. The molecule has 0 spiro atoms. The highest BCUT2D eigenvalue weighted by Gasteiger charge is 2.36. The lowest BCUT2D eigenvalue weighted by Gasteiger charge is -2.20. The smallest absolute Gasteiger partial charge is 0.242 e. The van der Waals surface area contributed by atoms with Gasteiger partial charge >= 0.3 is 0 Å². The van der Waals surface area contributed by atoms with Gasteiger partial charge in [-0.05, 0) is 43.7 Å². The predicted molar refractivity (Wildman–Crippen MR) is 114 cm³/mol. The minimum Gasteiger partial charge on any atom is -0.497 e. The zero-order chi connectivity index (χ0) is 21.7. The molecule has 3 rings (SSSR count). The molecule has 158 valence electrons. The molecule has 0 radical (unpaired) electrons. The molecule has 1 aliphatic heterocycles. The standard InChI is InChI=1S/C23H27N3O4/c1-15(17-7-5-4-6-8-17)24-22(28)16(2)25-23(29)18-13-21(27)26(14-18)19-9-11-20(30-3)12-10-19/h4-12,15-16,18H,13-14H2,1-3H3,(H,24,28)(H,25,29)/t15-,16-,18-/m0/s1. The summed E-state index contributed by atoms with van der Waals surface area (Å²) >= 11 is 0. The zero-order valence-corrected chi connectivity index (χ0v) is 17.4. The molecule has 1 saturated heterocycles. The number of ether oxygens (including phenoxy) is 1. The minimum atomic E-state index is -0.700. The summed E-state index contributed by atoms with van der Waals surface area (Å²) in [6.45, 7) is 3.82. The number of anilines is 1.